The average Bonchev–Trinajstić information content (AvgIpc) is 3.05. The number of thiazole rings is 1. The van der Waals surface area contributed by atoms with Crippen LogP contribution in [0.1, 0.15) is 48.7 Å². The summed E-state index contributed by atoms with van der Waals surface area (Å²) in [6, 6.07) is 5.94. The van der Waals surface area contributed by atoms with Crippen molar-refractivity contribution in [2.24, 2.45) is 0 Å². The SMILES string of the molecule is Cc1cc(C(C)(C)C)cc(C)c1CS(=O)(=O)Cc1csc(-c2ncccn2)n1. The first-order chi connectivity index (χ1) is 13.0. The molecule has 0 atom stereocenters. The highest BCUT2D eigenvalue weighted by atomic mass is 32.2. The maximum absolute atomic E-state index is 12.8. The third-order valence-electron chi connectivity index (χ3n) is 4.60. The van der Waals surface area contributed by atoms with Crippen molar-refractivity contribution in [3.05, 3.63) is 63.9 Å². The topological polar surface area (TPSA) is 72.8 Å². The van der Waals surface area contributed by atoms with Gasteiger partial charge in [0.2, 0.25) is 0 Å². The minimum absolute atomic E-state index is 0.0176. The lowest BCUT2D eigenvalue weighted by Gasteiger charge is -2.22. The molecule has 0 amide bonds. The molecule has 0 bridgehead atoms. The fraction of sp³-hybridized carbons (Fsp3) is 0.381. The van der Waals surface area contributed by atoms with Crippen molar-refractivity contribution >= 4 is 21.2 Å². The molecular formula is C21H25N3O2S2. The van der Waals surface area contributed by atoms with Crippen LogP contribution in [0.2, 0.25) is 0 Å². The normalized spacial score (nSPS) is 12.3. The summed E-state index contributed by atoms with van der Waals surface area (Å²) < 4.78 is 25.7. The van der Waals surface area contributed by atoms with E-state index in [0.717, 1.165) is 16.7 Å². The second kappa shape index (κ2) is 7.72. The maximum atomic E-state index is 12.8. The lowest BCUT2D eigenvalue weighted by Crippen LogP contribution is -2.14. The van der Waals surface area contributed by atoms with Gasteiger partial charge in [-0.15, -0.1) is 11.3 Å². The van der Waals surface area contributed by atoms with Gasteiger partial charge in [-0.1, -0.05) is 32.9 Å². The van der Waals surface area contributed by atoms with Crippen LogP contribution in [-0.4, -0.2) is 23.4 Å². The molecule has 5 nitrogen and oxygen atoms in total. The van der Waals surface area contributed by atoms with Crippen LogP contribution in [0, 0.1) is 13.8 Å². The Hall–Kier alpha value is -2.12. The minimum atomic E-state index is -3.35. The number of hydrogen-bond donors (Lipinski definition) is 0. The van der Waals surface area contributed by atoms with Crippen LogP contribution in [0.4, 0.5) is 0 Å². The lowest BCUT2D eigenvalue weighted by molar-refractivity contribution is 0.588. The quantitative estimate of drug-likeness (QED) is 0.607. The summed E-state index contributed by atoms with van der Waals surface area (Å²) in [4.78, 5) is 12.7. The molecule has 0 spiro atoms. The molecule has 7 heteroatoms. The molecule has 0 fully saturated rings. The van der Waals surface area contributed by atoms with E-state index in [1.54, 1.807) is 23.8 Å². The Morgan fingerprint density at radius 1 is 1.00 bits per heavy atom. The van der Waals surface area contributed by atoms with Crippen molar-refractivity contribution in [2.45, 2.75) is 51.5 Å². The van der Waals surface area contributed by atoms with Crippen LogP contribution in [0.3, 0.4) is 0 Å². The van der Waals surface area contributed by atoms with Gasteiger partial charge in [0.25, 0.3) is 0 Å². The van der Waals surface area contributed by atoms with E-state index in [9.17, 15) is 8.42 Å². The molecule has 1 aromatic carbocycles. The molecule has 0 saturated carbocycles. The number of benzene rings is 1. The molecule has 2 heterocycles. The highest BCUT2D eigenvalue weighted by Gasteiger charge is 2.21. The molecule has 0 aliphatic rings. The first kappa shape index (κ1) is 20.6. The average molecular weight is 416 g/mol. The second-order valence-electron chi connectivity index (χ2n) is 8.09. The van der Waals surface area contributed by atoms with E-state index < -0.39 is 9.84 Å². The van der Waals surface area contributed by atoms with Crippen molar-refractivity contribution in [3.8, 4) is 10.8 Å². The summed E-state index contributed by atoms with van der Waals surface area (Å²) in [6.07, 6.45) is 3.29. The second-order valence-corrected chi connectivity index (χ2v) is 11.0. The first-order valence-electron chi connectivity index (χ1n) is 9.08. The van der Waals surface area contributed by atoms with Gasteiger partial charge in [-0.2, -0.15) is 0 Å². The summed E-state index contributed by atoms with van der Waals surface area (Å²) >= 11 is 1.36. The Morgan fingerprint density at radius 3 is 2.18 bits per heavy atom. The highest BCUT2D eigenvalue weighted by molar-refractivity contribution is 7.89. The molecule has 2 aromatic heterocycles. The van der Waals surface area contributed by atoms with E-state index in [0.29, 0.717) is 16.5 Å². The molecule has 0 saturated heterocycles. The monoisotopic (exact) mass is 415 g/mol. The van der Waals surface area contributed by atoms with Crippen molar-refractivity contribution in [3.63, 3.8) is 0 Å². The van der Waals surface area contributed by atoms with E-state index in [2.05, 4.69) is 47.9 Å². The van der Waals surface area contributed by atoms with Crippen LogP contribution in [-0.2, 0) is 26.8 Å². The maximum Gasteiger partial charge on any atom is 0.188 e. The summed E-state index contributed by atoms with van der Waals surface area (Å²) in [5.41, 5.74) is 4.71. The van der Waals surface area contributed by atoms with Gasteiger partial charge in [0, 0.05) is 17.8 Å². The zero-order valence-corrected chi connectivity index (χ0v) is 18.5. The predicted molar refractivity (Wildman–Crippen MR) is 114 cm³/mol. The third kappa shape index (κ3) is 4.83. The zero-order chi connectivity index (χ0) is 20.5. The largest absolute Gasteiger partial charge is 0.237 e. The van der Waals surface area contributed by atoms with Gasteiger partial charge in [-0.05, 0) is 47.6 Å². The summed E-state index contributed by atoms with van der Waals surface area (Å²) in [5, 5.41) is 2.40. The fourth-order valence-electron chi connectivity index (χ4n) is 3.04. The Kier molecular flexibility index (Phi) is 5.68. The van der Waals surface area contributed by atoms with Gasteiger partial charge in [0.1, 0.15) is 0 Å². The number of aromatic nitrogens is 3. The molecule has 0 aliphatic heterocycles. The number of nitrogens with zero attached hydrogens (tertiary/aromatic N) is 3. The summed E-state index contributed by atoms with van der Waals surface area (Å²) in [7, 11) is -3.35. The molecule has 0 unspecified atom stereocenters. The Balaban J connectivity index is 1.81. The Morgan fingerprint density at radius 2 is 1.61 bits per heavy atom. The van der Waals surface area contributed by atoms with Crippen LogP contribution in [0.15, 0.2) is 36.0 Å². The lowest BCUT2D eigenvalue weighted by atomic mass is 9.84. The van der Waals surface area contributed by atoms with Gasteiger partial charge in [0.05, 0.1) is 17.2 Å². The molecule has 0 N–H and O–H groups in total. The van der Waals surface area contributed by atoms with Gasteiger partial charge in [-0.3, -0.25) is 0 Å². The predicted octanol–water partition coefficient (Wildman–Crippen LogP) is 4.63. The molecule has 3 rings (SSSR count). The van der Waals surface area contributed by atoms with E-state index in [1.807, 2.05) is 13.8 Å². The van der Waals surface area contributed by atoms with E-state index in [1.165, 1.54) is 16.9 Å². The Labute approximate surface area is 170 Å². The van der Waals surface area contributed by atoms with Crippen LogP contribution in [0.25, 0.3) is 10.8 Å². The fourth-order valence-corrected chi connectivity index (χ4v) is 5.50. The zero-order valence-electron chi connectivity index (χ0n) is 16.9. The van der Waals surface area contributed by atoms with Crippen LogP contribution >= 0.6 is 11.3 Å². The number of hydrogen-bond acceptors (Lipinski definition) is 6. The van der Waals surface area contributed by atoms with E-state index in [-0.39, 0.29) is 16.9 Å². The third-order valence-corrected chi connectivity index (χ3v) is 6.95. The molecular weight excluding hydrogens is 390 g/mol. The van der Waals surface area contributed by atoms with Gasteiger partial charge in [0.15, 0.2) is 20.7 Å². The summed E-state index contributed by atoms with van der Waals surface area (Å²) in [5.74, 6) is 0.445. The number of sulfone groups is 1. The molecule has 3 aromatic rings. The van der Waals surface area contributed by atoms with Crippen molar-refractivity contribution < 1.29 is 8.42 Å². The molecule has 0 aliphatic carbocycles. The molecule has 148 valence electrons. The minimum Gasteiger partial charge on any atom is -0.237 e. The summed E-state index contributed by atoms with van der Waals surface area (Å²) in [6.45, 7) is 10.5. The molecule has 0 radical (unpaired) electrons. The van der Waals surface area contributed by atoms with E-state index in [4.69, 9.17) is 0 Å². The van der Waals surface area contributed by atoms with Gasteiger partial charge < -0.3 is 0 Å². The first-order valence-corrected chi connectivity index (χ1v) is 11.8. The smallest absolute Gasteiger partial charge is 0.188 e. The van der Waals surface area contributed by atoms with Crippen LogP contribution < -0.4 is 0 Å². The molecule has 28 heavy (non-hydrogen) atoms. The van der Waals surface area contributed by atoms with Crippen molar-refractivity contribution in [1.82, 2.24) is 15.0 Å². The Bertz CT molecular complexity index is 1060. The number of rotatable bonds is 5. The highest BCUT2D eigenvalue weighted by Crippen LogP contribution is 2.28. The van der Waals surface area contributed by atoms with Crippen molar-refractivity contribution in [2.75, 3.05) is 0 Å². The van der Waals surface area contributed by atoms with Gasteiger partial charge in [-0.25, -0.2) is 23.4 Å². The van der Waals surface area contributed by atoms with Gasteiger partial charge >= 0.3 is 0 Å². The standard InChI is InChI=1S/C21H25N3O2S2/c1-14-9-16(21(3,4)5)10-15(2)18(14)13-28(25,26)12-17-11-27-20(24-17)19-22-7-6-8-23-19/h6-11H,12-13H2,1-5H3. The van der Waals surface area contributed by atoms with Crippen molar-refractivity contribution in [1.29, 1.82) is 0 Å². The van der Waals surface area contributed by atoms with E-state index >= 15 is 0 Å². The van der Waals surface area contributed by atoms with Crippen LogP contribution in [0.5, 0.6) is 0 Å². The number of aryl methyl sites for hydroxylation is 2.